The summed E-state index contributed by atoms with van der Waals surface area (Å²) >= 11 is 0. The summed E-state index contributed by atoms with van der Waals surface area (Å²) in [5, 5.41) is 8.97. The van der Waals surface area contributed by atoms with Crippen LogP contribution < -0.4 is 0 Å². The van der Waals surface area contributed by atoms with Gasteiger partial charge in [-0.25, -0.2) is 4.79 Å². The molecule has 0 aliphatic carbocycles. The number of ketones is 1. The maximum absolute atomic E-state index is 12.8. The first-order chi connectivity index (χ1) is 14.8. The summed E-state index contributed by atoms with van der Waals surface area (Å²) in [6, 6.07) is 19.1. The van der Waals surface area contributed by atoms with Crippen molar-refractivity contribution >= 4 is 17.8 Å². The zero-order chi connectivity index (χ0) is 22.4. The van der Waals surface area contributed by atoms with E-state index in [4.69, 9.17) is 9.84 Å². The summed E-state index contributed by atoms with van der Waals surface area (Å²) in [6.45, 7) is 5.94. The molecule has 2 aromatic carbocycles. The van der Waals surface area contributed by atoms with Crippen molar-refractivity contribution in [2.45, 2.75) is 39.5 Å². The molecular weight excluding hydrogens is 390 g/mol. The number of nitrogens with zero attached hydrogens (tertiary/aromatic N) is 1. The van der Waals surface area contributed by atoms with Crippen LogP contribution in [0.1, 0.15) is 52.7 Å². The van der Waals surface area contributed by atoms with Crippen molar-refractivity contribution in [3.05, 3.63) is 101 Å². The fourth-order valence-electron chi connectivity index (χ4n) is 3.26. The van der Waals surface area contributed by atoms with Gasteiger partial charge in [0.15, 0.2) is 6.10 Å². The van der Waals surface area contributed by atoms with Gasteiger partial charge in [0.2, 0.25) is 5.78 Å². The first-order valence-corrected chi connectivity index (χ1v) is 10.3. The molecule has 0 fully saturated rings. The number of aliphatic carboxylic acids is 1. The predicted octanol–water partition coefficient (Wildman–Crippen LogP) is 5.29. The van der Waals surface area contributed by atoms with Crippen molar-refractivity contribution in [3.8, 4) is 0 Å². The van der Waals surface area contributed by atoms with Crippen LogP contribution in [0.25, 0.3) is 6.08 Å². The molecule has 3 rings (SSSR count). The van der Waals surface area contributed by atoms with Gasteiger partial charge in [0.25, 0.3) is 0 Å². The molecule has 5 heteroatoms. The first kappa shape index (κ1) is 22.2. The molecule has 0 spiro atoms. The highest BCUT2D eigenvalue weighted by Crippen LogP contribution is 2.20. The molecule has 2 atom stereocenters. The molecule has 0 amide bonds. The third-order valence-corrected chi connectivity index (χ3v) is 5.15. The van der Waals surface area contributed by atoms with Gasteiger partial charge in [-0.15, -0.1) is 0 Å². The van der Waals surface area contributed by atoms with Gasteiger partial charge in [-0.3, -0.25) is 4.79 Å². The summed E-state index contributed by atoms with van der Waals surface area (Å²) in [4.78, 5) is 23.7. The predicted molar refractivity (Wildman–Crippen MR) is 121 cm³/mol. The molecule has 3 aromatic rings. The van der Waals surface area contributed by atoms with E-state index in [1.165, 1.54) is 6.92 Å². The third-order valence-electron chi connectivity index (χ3n) is 5.15. The molecule has 0 saturated heterocycles. The minimum atomic E-state index is -0.975. The lowest BCUT2D eigenvalue weighted by Crippen LogP contribution is -2.21. The monoisotopic (exact) mass is 417 g/mol. The number of aryl methyl sites for hydroxylation is 1. The van der Waals surface area contributed by atoms with Crippen LogP contribution in [0.4, 0.5) is 0 Å². The third kappa shape index (κ3) is 5.80. The number of carbonyl (C=O) groups excluding carboxylic acids is 1. The van der Waals surface area contributed by atoms with Gasteiger partial charge in [0.1, 0.15) is 0 Å². The van der Waals surface area contributed by atoms with Crippen molar-refractivity contribution < 1.29 is 19.4 Å². The Hall–Kier alpha value is -3.44. The molecule has 0 bridgehead atoms. The van der Waals surface area contributed by atoms with E-state index in [1.54, 1.807) is 0 Å². The van der Waals surface area contributed by atoms with Gasteiger partial charge in [-0.2, -0.15) is 0 Å². The van der Waals surface area contributed by atoms with Gasteiger partial charge in [-0.1, -0.05) is 66.2 Å². The minimum Gasteiger partial charge on any atom is -0.479 e. The molecule has 0 saturated carbocycles. The molecule has 0 radical (unpaired) electrons. The fraction of sp³-hybridized carbons (Fsp3) is 0.231. The Morgan fingerprint density at radius 1 is 1.03 bits per heavy atom. The van der Waals surface area contributed by atoms with Crippen molar-refractivity contribution in [2.24, 2.45) is 0 Å². The number of carboxylic acids is 1. The zero-order valence-corrected chi connectivity index (χ0v) is 18.0. The maximum Gasteiger partial charge on any atom is 0.332 e. The summed E-state index contributed by atoms with van der Waals surface area (Å²) in [7, 11) is 0. The molecule has 1 aromatic heterocycles. The lowest BCUT2D eigenvalue weighted by atomic mass is 10.1. The lowest BCUT2D eigenvalue weighted by Gasteiger charge is -2.16. The van der Waals surface area contributed by atoms with E-state index >= 15 is 0 Å². The second-order valence-electron chi connectivity index (χ2n) is 7.57. The van der Waals surface area contributed by atoms with Crippen LogP contribution in [0.3, 0.4) is 0 Å². The van der Waals surface area contributed by atoms with E-state index in [0.29, 0.717) is 17.8 Å². The Kier molecular flexibility index (Phi) is 7.21. The normalized spacial score (nSPS) is 13.3. The van der Waals surface area contributed by atoms with Crippen LogP contribution >= 0.6 is 0 Å². The number of rotatable bonds is 9. The first-order valence-electron chi connectivity index (χ1n) is 10.3. The van der Waals surface area contributed by atoms with Crippen molar-refractivity contribution in [1.82, 2.24) is 4.57 Å². The van der Waals surface area contributed by atoms with Gasteiger partial charge >= 0.3 is 5.97 Å². The molecule has 0 aliphatic rings. The highest BCUT2D eigenvalue weighted by molar-refractivity contribution is 6.08. The second-order valence-corrected chi connectivity index (χ2v) is 7.57. The topological polar surface area (TPSA) is 68.5 Å². The standard InChI is InChI=1S/C26H27NO4/c1-18-8-12-23(13-9-18)25(28)24-7-5-17-27(24)16-4-6-21-10-14-22(15-11-21)19(2)31-20(3)26(29)30/h4-15,17,19-20H,16H2,1-3H3,(H,29,30). The van der Waals surface area contributed by atoms with E-state index in [2.05, 4.69) is 0 Å². The highest BCUT2D eigenvalue weighted by Gasteiger charge is 2.16. The van der Waals surface area contributed by atoms with Gasteiger partial charge in [-0.05, 0) is 44.0 Å². The maximum atomic E-state index is 12.8. The molecule has 0 aliphatic heterocycles. The minimum absolute atomic E-state index is 0.00679. The highest BCUT2D eigenvalue weighted by atomic mass is 16.5. The number of ether oxygens (including phenoxy) is 1. The zero-order valence-electron chi connectivity index (χ0n) is 18.0. The quantitative estimate of drug-likeness (QED) is 0.480. The van der Waals surface area contributed by atoms with Crippen molar-refractivity contribution in [1.29, 1.82) is 0 Å². The van der Waals surface area contributed by atoms with E-state index in [1.807, 2.05) is 97.4 Å². The Morgan fingerprint density at radius 2 is 1.71 bits per heavy atom. The number of benzene rings is 2. The van der Waals surface area contributed by atoms with Crippen LogP contribution in [0, 0.1) is 6.92 Å². The van der Waals surface area contributed by atoms with E-state index in [0.717, 1.165) is 16.7 Å². The summed E-state index contributed by atoms with van der Waals surface area (Å²) in [5.74, 6) is -0.969. The Labute approximate surface area is 182 Å². The second kappa shape index (κ2) is 10.0. The van der Waals surface area contributed by atoms with Gasteiger partial charge in [0.05, 0.1) is 11.8 Å². The van der Waals surface area contributed by atoms with Crippen molar-refractivity contribution in [3.63, 3.8) is 0 Å². The molecule has 160 valence electrons. The molecule has 31 heavy (non-hydrogen) atoms. The van der Waals surface area contributed by atoms with Crippen LogP contribution in [-0.2, 0) is 16.1 Å². The fourth-order valence-corrected chi connectivity index (χ4v) is 3.26. The summed E-state index contributed by atoms with van der Waals surface area (Å²) in [6.07, 6.45) is 4.74. The summed E-state index contributed by atoms with van der Waals surface area (Å²) < 4.78 is 7.42. The SMILES string of the molecule is Cc1ccc(C(=O)c2cccn2CC=Cc2ccc(C(C)OC(C)C(=O)O)cc2)cc1. The molecule has 1 N–H and O–H groups in total. The molecule has 1 heterocycles. The van der Waals surface area contributed by atoms with E-state index in [9.17, 15) is 9.59 Å². The van der Waals surface area contributed by atoms with E-state index < -0.39 is 12.1 Å². The average Bonchev–Trinajstić information content (AvgIpc) is 3.22. The Balaban J connectivity index is 1.63. The lowest BCUT2D eigenvalue weighted by molar-refractivity contribution is -0.152. The number of carboxylic acid groups (broad SMARTS) is 1. The number of carbonyl (C=O) groups is 2. The van der Waals surface area contributed by atoms with Crippen LogP contribution in [0.15, 0.2) is 72.9 Å². The molecule has 2 unspecified atom stereocenters. The number of aromatic nitrogens is 1. The Morgan fingerprint density at radius 3 is 2.35 bits per heavy atom. The van der Waals surface area contributed by atoms with Crippen LogP contribution in [0.2, 0.25) is 0 Å². The number of hydrogen-bond acceptors (Lipinski definition) is 3. The van der Waals surface area contributed by atoms with Crippen LogP contribution in [-0.4, -0.2) is 27.5 Å². The summed E-state index contributed by atoms with van der Waals surface area (Å²) in [5.41, 5.74) is 4.39. The van der Waals surface area contributed by atoms with Crippen LogP contribution in [0.5, 0.6) is 0 Å². The molecule has 5 nitrogen and oxygen atoms in total. The van der Waals surface area contributed by atoms with Gasteiger partial charge < -0.3 is 14.4 Å². The Bertz CT molecular complexity index is 1060. The average molecular weight is 418 g/mol. The number of allylic oxidation sites excluding steroid dienone is 1. The van der Waals surface area contributed by atoms with Crippen molar-refractivity contribution in [2.75, 3.05) is 0 Å². The number of hydrogen-bond donors (Lipinski definition) is 1. The largest absolute Gasteiger partial charge is 0.479 e. The van der Waals surface area contributed by atoms with E-state index in [-0.39, 0.29) is 11.9 Å². The van der Waals surface area contributed by atoms with Gasteiger partial charge in [0, 0.05) is 18.3 Å². The smallest absolute Gasteiger partial charge is 0.332 e. The molecular formula is C26H27NO4.